The van der Waals surface area contributed by atoms with Gasteiger partial charge in [0.2, 0.25) is 5.88 Å². The molecular formula is C13H16ClN3O. The maximum absolute atomic E-state index is 6.15. The molecule has 1 aromatic carbocycles. The molecule has 4 nitrogen and oxygen atoms in total. The Morgan fingerprint density at radius 2 is 2.11 bits per heavy atom. The predicted molar refractivity (Wildman–Crippen MR) is 72.1 cm³/mol. The van der Waals surface area contributed by atoms with Gasteiger partial charge >= 0.3 is 0 Å². The van der Waals surface area contributed by atoms with Crippen LogP contribution in [0.3, 0.4) is 0 Å². The zero-order valence-corrected chi connectivity index (χ0v) is 11.5. The molecule has 96 valence electrons. The van der Waals surface area contributed by atoms with Crippen LogP contribution >= 0.6 is 11.6 Å². The van der Waals surface area contributed by atoms with Crippen LogP contribution in [0.1, 0.15) is 16.8 Å². The van der Waals surface area contributed by atoms with E-state index in [-0.39, 0.29) is 0 Å². The molecule has 1 aromatic heterocycles. The number of hydrogen-bond donors (Lipinski definition) is 1. The molecule has 2 aromatic rings. The first-order valence-electron chi connectivity index (χ1n) is 5.69. The van der Waals surface area contributed by atoms with Gasteiger partial charge in [0.1, 0.15) is 5.75 Å². The van der Waals surface area contributed by atoms with Gasteiger partial charge in [-0.05, 0) is 31.5 Å². The van der Waals surface area contributed by atoms with Crippen molar-refractivity contribution in [3.8, 4) is 11.6 Å². The van der Waals surface area contributed by atoms with Crippen molar-refractivity contribution in [1.82, 2.24) is 9.78 Å². The highest BCUT2D eigenvalue weighted by molar-refractivity contribution is 6.32. The average Bonchev–Trinajstić information content (AvgIpc) is 2.57. The van der Waals surface area contributed by atoms with Gasteiger partial charge < -0.3 is 10.5 Å². The molecule has 2 rings (SSSR count). The van der Waals surface area contributed by atoms with E-state index >= 15 is 0 Å². The average molecular weight is 266 g/mol. The Morgan fingerprint density at radius 1 is 1.39 bits per heavy atom. The minimum absolute atomic E-state index is 0.387. The Labute approximate surface area is 111 Å². The number of nitrogens with zero attached hydrogens (tertiary/aromatic N) is 2. The first-order chi connectivity index (χ1) is 8.52. The van der Waals surface area contributed by atoms with Gasteiger partial charge in [-0.1, -0.05) is 17.7 Å². The Bertz CT molecular complexity index is 578. The molecule has 0 saturated heterocycles. The number of ether oxygens (including phenoxy) is 1. The summed E-state index contributed by atoms with van der Waals surface area (Å²) in [6.45, 7) is 4.28. The van der Waals surface area contributed by atoms with Gasteiger partial charge in [-0.2, -0.15) is 5.10 Å². The van der Waals surface area contributed by atoms with E-state index in [4.69, 9.17) is 22.1 Å². The van der Waals surface area contributed by atoms with Gasteiger partial charge in [0.05, 0.1) is 16.3 Å². The molecule has 0 aliphatic heterocycles. The zero-order chi connectivity index (χ0) is 13.3. The Kier molecular flexibility index (Phi) is 3.59. The van der Waals surface area contributed by atoms with E-state index < -0.39 is 0 Å². The summed E-state index contributed by atoms with van der Waals surface area (Å²) in [7, 11) is 1.82. The van der Waals surface area contributed by atoms with Crippen molar-refractivity contribution in [2.75, 3.05) is 0 Å². The topological polar surface area (TPSA) is 53.1 Å². The summed E-state index contributed by atoms with van der Waals surface area (Å²) < 4.78 is 7.50. The number of nitrogens with two attached hydrogens (primary N) is 1. The maximum atomic E-state index is 6.15. The van der Waals surface area contributed by atoms with E-state index in [9.17, 15) is 0 Å². The highest BCUT2D eigenvalue weighted by atomic mass is 35.5. The first-order valence-corrected chi connectivity index (χ1v) is 6.07. The SMILES string of the molecule is Cc1ccc(Oc2c(CN)c(C)nn2C)c(Cl)c1. The molecule has 0 saturated carbocycles. The van der Waals surface area contributed by atoms with Crippen LogP contribution in [0.2, 0.25) is 5.02 Å². The second-order valence-corrected chi connectivity index (χ2v) is 4.64. The fourth-order valence-electron chi connectivity index (χ4n) is 1.84. The number of rotatable bonds is 3. The number of hydrogen-bond acceptors (Lipinski definition) is 3. The monoisotopic (exact) mass is 265 g/mol. The predicted octanol–water partition coefficient (Wildman–Crippen LogP) is 2.94. The van der Waals surface area contributed by atoms with Crippen LogP contribution < -0.4 is 10.5 Å². The largest absolute Gasteiger partial charge is 0.437 e. The highest BCUT2D eigenvalue weighted by Gasteiger charge is 2.15. The van der Waals surface area contributed by atoms with Gasteiger partial charge in [0.25, 0.3) is 0 Å². The highest BCUT2D eigenvalue weighted by Crippen LogP contribution is 2.32. The molecule has 18 heavy (non-hydrogen) atoms. The van der Waals surface area contributed by atoms with Crippen molar-refractivity contribution in [2.24, 2.45) is 12.8 Å². The van der Waals surface area contributed by atoms with Crippen molar-refractivity contribution < 1.29 is 4.74 Å². The number of aryl methyl sites for hydroxylation is 3. The summed E-state index contributed by atoms with van der Waals surface area (Å²) in [5.41, 5.74) is 8.58. The Balaban J connectivity index is 2.39. The molecule has 0 radical (unpaired) electrons. The summed E-state index contributed by atoms with van der Waals surface area (Å²) in [5, 5.41) is 4.87. The number of aromatic nitrogens is 2. The van der Waals surface area contributed by atoms with Crippen molar-refractivity contribution in [3.05, 3.63) is 40.0 Å². The molecule has 0 spiro atoms. The molecule has 0 amide bonds. The lowest BCUT2D eigenvalue weighted by molar-refractivity contribution is 0.426. The van der Waals surface area contributed by atoms with Crippen molar-refractivity contribution in [3.63, 3.8) is 0 Å². The second-order valence-electron chi connectivity index (χ2n) is 4.23. The molecule has 0 atom stereocenters. The third-order valence-corrected chi connectivity index (χ3v) is 3.08. The standard InChI is InChI=1S/C13H16ClN3O/c1-8-4-5-12(11(14)6-8)18-13-10(7-15)9(2)16-17(13)3/h4-6H,7,15H2,1-3H3. The first kappa shape index (κ1) is 12.9. The summed E-state index contributed by atoms with van der Waals surface area (Å²) in [6.07, 6.45) is 0. The second kappa shape index (κ2) is 5.00. The molecule has 0 fully saturated rings. The Hall–Kier alpha value is -1.52. The molecule has 1 heterocycles. The van der Waals surface area contributed by atoms with Gasteiger partial charge in [0, 0.05) is 13.6 Å². The van der Waals surface area contributed by atoms with Crippen LogP contribution in [0.5, 0.6) is 11.6 Å². The lowest BCUT2D eigenvalue weighted by Gasteiger charge is -2.09. The van der Waals surface area contributed by atoms with Gasteiger partial charge in [0.15, 0.2) is 0 Å². The lowest BCUT2D eigenvalue weighted by atomic mass is 10.2. The lowest BCUT2D eigenvalue weighted by Crippen LogP contribution is -2.01. The molecule has 0 unspecified atom stereocenters. The van der Waals surface area contributed by atoms with Crippen LogP contribution in [0.25, 0.3) is 0 Å². The van der Waals surface area contributed by atoms with Crippen LogP contribution in [-0.4, -0.2) is 9.78 Å². The molecule has 0 aliphatic carbocycles. The van der Waals surface area contributed by atoms with Crippen LogP contribution in [0.15, 0.2) is 18.2 Å². The molecule has 5 heteroatoms. The van der Waals surface area contributed by atoms with Gasteiger partial charge in [-0.15, -0.1) is 0 Å². The van der Waals surface area contributed by atoms with E-state index in [0.717, 1.165) is 16.8 Å². The van der Waals surface area contributed by atoms with Crippen LogP contribution in [0.4, 0.5) is 0 Å². The van der Waals surface area contributed by atoms with E-state index in [1.54, 1.807) is 4.68 Å². The maximum Gasteiger partial charge on any atom is 0.222 e. The van der Waals surface area contributed by atoms with E-state index in [1.807, 2.05) is 39.1 Å². The minimum atomic E-state index is 0.387. The van der Waals surface area contributed by atoms with Gasteiger partial charge in [-0.25, -0.2) is 4.68 Å². The summed E-state index contributed by atoms with van der Waals surface area (Å²) >= 11 is 6.15. The molecule has 0 aliphatic rings. The Morgan fingerprint density at radius 3 is 2.72 bits per heavy atom. The third kappa shape index (κ3) is 2.35. The van der Waals surface area contributed by atoms with E-state index in [0.29, 0.717) is 23.2 Å². The van der Waals surface area contributed by atoms with E-state index in [2.05, 4.69) is 5.10 Å². The molecular weight excluding hydrogens is 250 g/mol. The van der Waals surface area contributed by atoms with Crippen molar-refractivity contribution in [2.45, 2.75) is 20.4 Å². The summed E-state index contributed by atoms with van der Waals surface area (Å²) in [6, 6.07) is 5.66. The van der Waals surface area contributed by atoms with Crippen LogP contribution in [-0.2, 0) is 13.6 Å². The minimum Gasteiger partial charge on any atom is -0.437 e. The normalized spacial score (nSPS) is 10.7. The fraction of sp³-hybridized carbons (Fsp3) is 0.308. The number of halogens is 1. The number of benzene rings is 1. The summed E-state index contributed by atoms with van der Waals surface area (Å²) in [4.78, 5) is 0. The van der Waals surface area contributed by atoms with Crippen molar-refractivity contribution in [1.29, 1.82) is 0 Å². The summed E-state index contributed by atoms with van der Waals surface area (Å²) in [5.74, 6) is 1.25. The quantitative estimate of drug-likeness (QED) is 0.928. The smallest absolute Gasteiger partial charge is 0.222 e. The third-order valence-electron chi connectivity index (χ3n) is 2.79. The van der Waals surface area contributed by atoms with Crippen LogP contribution in [0, 0.1) is 13.8 Å². The zero-order valence-electron chi connectivity index (χ0n) is 10.7. The molecule has 2 N–H and O–H groups in total. The fourth-order valence-corrected chi connectivity index (χ4v) is 2.11. The van der Waals surface area contributed by atoms with Gasteiger partial charge in [-0.3, -0.25) is 0 Å². The van der Waals surface area contributed by atoms with Crippen molar-refractivity contribution >= 4 is 11.6 Å². The molecule has 0 bridgehead atoms. The van der Waals surface area contributed by atoms with E-state index in [1.165, 1.54) is 0 Å².